The van der Waals surface area contributed by atoms with Crippen LogP contribution in [0.5, 0.6) is 0 Å². The zero-order chi connectivity index (χ0) is 63.3. The van der Waals surface area contributed by atoms with Crippen LogP contribution in [-0.2, 0) is 33.2 Å². The number of hydrogen-bond donors (Lipinski definition) is 12. The Labute approximate surface area is 524 Å². The highest BCUT2D eigenvalue weighted by Gasteiger charge is 2.53. The van der Waals surface area contributed by atoms with E-state index in [-0.39, 0.29) is 18.9 Å². The molecule has 3 rings (SSSR count). The predicted molar refractivity (Wildman–Crippen MR) is 337 cm³/mol. The molecule has 3 saturated heterocycles. The molecule has 87 heavy (non-hydrogen) atoms. The number of rotatable bonds is 54. The molecule has 0 radical (unpaired) electrons. The molecule has 0 aromatic heterocycles. The minimum Gasteiger partial charge on any atom is -0.394 e. The second-order valence-electron chi connectivity index (χ2n) is 25.3. The number of carbonyl (C=O) groups excluding carboxylic acids is 1. The quantitative estimate of drug-likeness (QED) is 0.0200. The number of amides is 1. The summed E-state index contributed by atoms with van der Waals surface area (Å²) in [4.78, 5) is 13.4. The molecule has 0 bridgehead atoms. The van der Waals surface area contributed by atoms with Gasteiger partial charge in [-0.2, -0.15) is 0 Å². The molecular weight excluding hydrogens is 1120 g/mol. The van der Waals surface area contributed by atoms with E-state index in [0.717, 1.165) is 44.9 Å². The Morgan fingerprint density at radius 3 is 1.11 bits per heavy atom. The summed E-state index contributed by atoms with van der Waals surface area (Å²) in [5.74, 6) is -0.273. The lowest BCUT2D eigenvalue weighted by molar-refractivity contribution is -0.379. The van der Waals surface area contributed by atoms with E-state index in [4.69, 9.17) is 28.4 Å². The van der Waals surface area contributed by atoms with Gasteiger partial charge in [-0.25, -0.2) is 0 Å². The summed E-state index contributed by atoms with van der Waals surface area (Å²) < 4.78 is 34.3. The maximum absolute atomic E-state index is 13.4. The van der Waals surface area contributed by atoms with Gasteiger partial charge in [0.05, 0.1) is 38.6 Å². The lowest BCUT2D eigenvalue weighted by Crippen LogP contribution is -2.66. The van der Waals surface area contributed by atoms with Gasteiger partial charge in [-0.1, -0.05) is 244 Å². The number of hydrogen-bond acceptors (Lipinski definition) is 18. The SMILES string of the molecule is CCCCCCCCCC/C=C\CCCCCCCCCCCCCCCCCCCCCC(=O)NC(COC1OC(CO)C(OC2OC(CO)C(OC3OC(CO)C(O)C(O)C3O)C(O)C2O)C(O)C1O)C(O)/C=C/CCCCCCCCCCC. The van der Waals surface area contributed by atoms with E-state index in [0.29, 0.717) is 6.42 Å². The Balaban J connectivity index is 1.35. The molecule has 3 aliphatic rings. The molecule has 19 nitrogen and oxygen atoms in total. The van der Waals surface area contributed by atoms with Crippen molar-refractivity contribution in [2.75, 3.05) is 26.4 Å². The predicted octanol–water partition coefficient (Wildman–Crippen LogP) is 9.05. The highest BCUT2D eigenvalue weighted by Crippen LogP contribution is 2.33. The van der Waals surface area contributed by atoms with Crippen LogP contribution in [0.4, 0.5) is 0 Å². The van der Waals surface area contributed by atoms with Crippen molar-refractivity contribution in [1.82, 2.24) is 5.32 Å². The average molecular weight is 1250 g/mol. The first-order valence-corrected chi connectivity index (χ1v) is 35.1. The molecule has 3 heterocycles. The first-order valence-electron chi connectivity index (χ1n) is 35.1. The number of aliphatic hydroxyl groups excluding tert-OH is 11. The molecular formula is C68H127NO18. The zero-order valence-corrected chi connectivity index (χ0v) is 54.0. The molecule has 0 aromatic carbocycles. The molecule has 17 atom stereocenters. The van der Waals surface area contributed by atoms with Crippen molar-refractivity contribution in [3.05, 3.63) is 24.3 Å². The van der Waals surface area contributed by atoms with Crippen LogP contribution >= 0.6 is 0 Å². The van der Waals surface area contributed by atoms with Gasteiger partial charge in [0, 0.05) is 6.42 Å². The lowest BCUT2D eigenvalue weighted by Gasteiger charge is -2.48. The third-order valence-electron chi connectivity index (χ3n) is 17.7. The molecule has 512 valence electrons. The second-order valence-corrected chi connectivity index (χ2v) is 25.3. The van der Waals surface area contributed by atoms with Crippen molar-refractivity contribution < 1.29 is 89.4 Å². The van der Waals surface area contributed by atoms with E-state index in [9.17, 15) is 61.0 Å². The fourth-order valence-electron chi connectivity index (χ4n) is 12.0. The minimum atomic E-state index is -1.98. The Morgan fingerprint density at radius 1 is 0.402 bits per heavy atom. The third-order valence-corrected chi connectivity index (χ3v) is 17.7. The first-order chi connectivity index (χ1) is 42.3. The molecule has 1 amide bonds. The van der Waals surface area contributed by atoms with E-state index in [1.165, 1.54) is 199 Å². The number of aliphatic hydroxyl groups is 11. The average Bonchev–Trinajstić information content (AvgIpc) is 3.71. The van der Waals surface area contributed by atoms with Crippen molar-refractivity contribution in [3.8, 4) is 0 Å². The summed E-state index contributed by atoms with van der Waals surface area (Å²) in [6, 6.07) is -0.969. The van der Waals surface area contributed by atoms with E-state index in [1.54, 1.807) is 6.08 Å². The zero-order valence-electron chi connectivity index (χ0n) is 54.0. The molecule has 0 aliphatic carbocycles. The first kappa shape index (κ1) is 79.5. The van der Waals surface area contributed by atoms with Crippen LogP contribution in [0.1, 0.15) is 271 Å². The van der Waals surface area contributed by atoms with E-state index < -0.39 is 124 Å². The van der Waals surface area contributed by atoms with Crippen molar-refractivity contribution in [2.45, 2.75) is 375 Å². The molecule has 0 saturated carbocycles. The van der Waals surface area contributed by atoms with Gasteiger partial charge in [0.1, 0.15) is 73.2 Å². The van der Waals surface area contributed by atoms with E-state index >= 15 is 0 Å². The van der Waals surface area contributed by atoms with Gasteiger partial charge < -0.3 is 89.9 Å². The fourth-order valence-corrected chi connectivity index (χ4v) is 12.0. The summed E-state index contributed by atoms with van der Waals surface area (Å²) >= 11 is 0. The van der Waals surface area contributed by atoms with Gasteiger partial charge in [-0.15, -0.1) is 0 Å². The Hall–Kier alpha value is -1.73. The molecule has 3 fully saturated rings. The fraction of sp³-hybridized carbons (Fsp3) is 0.926. The largest absolute Gasteiger partial charge is 0.394 e. The van der Waals surface area contributed by atoms with E-state index in [1.807, 2.05) is 6.08 Å². The van der Waals surface area contributed by atoms with Gasteiger partial charge >= 0.3 is 0 Å². The van der Waals surface area contributed by atoms with Crippen molar-refractivity contribution in [1.29, 1.82) is 0 Å². The Bertz CT molecular complexity index is 1680. The van der Waals surface area contributed by atoms with Gasteiger partial charge in [-0.3, -0.25) is 4.79 Å². The summed E-state index contributed by atoms with van der Waals surface area (Å²) in [5.41, 5.74) is 0. The van der Waals surface area contributed by atoms with Crippen LogP contribution in [0.2, 0.25) is 0 Å². The van der Waals surface area contributed by atoms with Crippen LogP contribution in [0.3, 0.4) is 0 Å². The van der Waals surface area contributed by atoms with E-state index in [2.05, 4.69) is 31.3 Å². The van der Waals surface area contributed by atoms with Crippen LogP contribution in [-0.4, -0.2) is 193 Å². The summed E-state index contributed by atoms with van der Waals surface area (Å²) in [7, 11) is 0. The van der Waals surface area contributed by atoms with Crippen molar-refractivity contribution >= 4 is 5.91 Å². The molecule has 0 aromatic rings. The van der Waals surface area contributed by atoms with Crippen LogP contribution in [0, 0.1) is 0 Å². The monoisotopic (exact) mass is 1250 g/mol. The standard InChI is InChI=1S/C68H127NO18/c1-3-5-7-9-11-13-15-16-17-18-19-20-21-22-23-24-25-26-27-28-29-30-31-32-33-34-36-38-40-42-44-46-56(74)69-51(52(73)45-43-41-39-37-35-14-12-10-8-6-4-2)50-82-66-62(80)59(77)64(54(48-71)84-66)87-68-63(81)60(78)65(55(49-72)85-68)86-67-61(79)58(76)57(75)53(47-70)83-67/h18-19,43,45,51-55,57-68,70-73,75-81H,3-17,20-42,44,46-50H2,1-2H3,(H,69,74)/b19-18-,45-43+. The summed E-state index contributed by atoms with van der Waals surface area (Å²) in [5, 5.41) is 120. The van der Waals surface area contributed by atoms with Gasteiger partial charge in [0.25, 0.3) is 0 Å². The van der Waals surface area contributed by atoms with Crippen LogP contribution < -0.4 is 5.32 Å². The Morgan fingerprint density at radius 2 is 0.724 bits per heavy atom. The number of ether oxygens (including phenoxy) is 6. The van der Waals surface area contributed by atoms with Crippen molar-refractivity contribution in [3.63, 3.8) is 0 Å². The number of nitrogens with one attached hydrogen (secondary N) is 1. The molecule has 0 spiro atoms. The molecule has 19 heteroatoms. The maximum atomic E-state index is 13.4. The maximum Gasteiger partial charge on any atom is 0.220 e. The number of allylic oxidation sites excluding steroid dienone is 3. The van der Waals surface area contributed by atoms with Crippen LogP contribution in [0.15, 0.2) is 24.3 Å². The van der Waals surface area contributed by atoms with Gasteiger partial charge in [-0.05, 0) is 44.9 Å². The smallest absolute Gasteiger partial charge is 0.220 e. The topological polar surface area (TPSA) is 307 Å². The molecule has 17 unspecified atom stereocenters. The Kier molecular flexibility index (Phi) is 46.4. The minimum absolute atomic E-state index is 0.247. The summed E-state index contributed by atoms with van der Waals surface area (Å²) in [6.07, 6.45) is 30.5. The highest BCUT2D eigenvalue weighted by atomic mass is 16.8. The number of unbranched alkanes of at least 4 members (excludes halogenated alkanes) is 36. The van der Waals surface area contributed by atoms with Gasteiger partial charge in [0.2, 0.25) is 5.91 Å². The molecule has 12 N–H and O–H groups in total. The van der Waals surface area contributed by atoms with Crippen molar-refractivity contribution in [2.24, 2.45) is 0 Å². The summed E-state index contributed by atoms with van der Waals surface area (Å²) in [6.45, 7) is 1.73. The molecule has 3 aliphatic heterocycles. The normalized spacial score (nSPS) is 28.7. The van der Waals surface area contributed by atoms with Crippen LogP contribution in [0.25, 0.3) is 0 Å². The highest BCUT2D eigenvalue weighted by molar-refractivity contribution is 5.76. The lowest BCUT2D eigenvalue weighted by atomic mass is 9.96. The van der Waals surface area contributed by atoms with Gasteiger partial charge in [0.15, 0.2) is 18.9 Å². The number of carbonyl (C=O) groups is 1. The third kappa shape index (κ3) is 33.1. The second kappa shape index (κ2) is 50.8.